The van der Waals surface area contributed by atoms with Gasteiger partial charge in [0.15, 0.2) is 17.5 Å². The SMILES string of the molecule is CN=C(NCc1cc(Cl)c2c(c1)OCCCO2)NCC1(C)CCCO1.I. The van der Waals surface area contributed by atoms with Crippen LogP contribution in [0.25, 0.3) is 0 Å². The Kier molecular flexibility index (Phi) is 8.09. The lowest BCUT2D eigenvalue weighted by molar-refractivity contribution is 0.0243. The number of hydrogen-bond acceptors (Lipinski definition) is 4. The zero-order valence-electron chi connectivity index (χ0n) is 15.3. The summed E-state index contributed by atoms with van der Waals surface area (Å²) in [4.78, 5) is 4.27. The van der Waals surface area contributed by atoms with Crippen LogP contribution in [0, 0.1) is 0 Å². The van der Waals surface area contributed by atoms with E-state index in [0.717, 1.165) is 43.9 Å². The van der Waals surface area contributed by atoms with Gasteiger partial charge in [-0.2, -0.15) is 0 Å². The topological polar surface area (TPSA) is 64.1 Å². The van der Waals surface area contributed by atoms with E-state index in [1.807, 2.05) is 12.1 Å². The Balaban J connectivity index is 0.00000243. The van der Waals surface area contributed by atoms with Crippen LogP contribution in [0.4, 0.5) is 0 Å². The van der Waals surface area contributed by atoms with Gasteiger partial charge in [-0.3, -0.25) is 4.99 Å². The molecule has 1 unspecified atom stereocenters. The third-order valence-electron chi connectivity index (χ3n) is 4.48. The van der Waals surface area contributed by atoms with E-state index >= 15 is 0 Å². The number of fused-ring (bicyclic) bond motifs is 1. The van der Waals surface area contributed by atoms with E-state index in [1.54, 1.807) is 7.05 Å². The van der Waals surface area contributed by atoms with Crippen molar-refractivity contribution in [1.82, 2.24) is 10.6 Å². The number of nitrogens with one attached hydrogen (secondary N) is 2. The summed E-state index contributed by atoms with van der Waals surface area (Å²) < 4.78 is 17.2. The predicted octanol–water partition coefficient (Wildman–Crippen LogP) is 3.35. The minimum atomic E-state index is -0.115. The Labute approximate surface area is 177 Å². The zero-order chi connectivity index (χ0) is 17.7. The van der Waals surface area contributed by atoms with Gasteiger partial charge in [0.2, 0.25) is 0 Å². The average Bonchev–Trinajstić information content (AvgIpc) is 2.89. The molecule has 1 atom stereocenters. The Hall–Kier alpha value is -0.930. The van der Waals surface area contributed by atoms with Crippen molar-refractivity contribution >= 4 is 41.5 Å². The zero-order valence-corrected chi connectivity index (χ0v) is 18.4. The molecule has 1 saturated heterocycles. The van der Waals surface area contributed by atoms with Crippen LogP contribution in [0.5, 0.6) is 11.5 Å². The first kappa shape index (κ1) is 21.4. The molecule has 1 aromatic rings. The van der Waals surface area contributed by atoms with Gasteiger partial charge in [0.1, 0.15) is 0 Å². The molecule has 0 radical (unpaired) electrons. The molecule has 8 heteroatoms. The highest BCUT2D eigenvalue weighted by molar-refractivity contribution is 14.0. The largest absolute Gasteiger partial charge is 0.489 e. The van der Waals surface area contributed by atoms with E-state index in [0.29, 0.717) is 36.3 Å². The van der Waals surface area contributed by atoms with Gasteiger partial charge in [-0.15, -0.1) is 24.0 Å². The van der Waals surface area contributed by atoms with E-state index in [1.165, 1.54) is 0 Å². The second kappa shape index (κ2) is 9.85. The molecule has 1 aromatic carbocycles. The van der Waals surface area contributed by atoms with E-state index in [4.69, 9.17) is 25.8 Å². The molecule has 2 N–H and O–H groups in total. The maximum atomic E-state index is 6.34. The average molecular weight is 496 g/mol. The van der Waals surface area contributed by atoms with Crippen LogP contribution < -0.4 is 20.1 Å². The smallest absolute Gasteiger partial charge is 0.191 e. The maximum Gasteiger partial charge on any atom is 0.191 e. The van der Waals surface area contributed by atoms with Gasteiger partial charge < -0.3 is 24.8 Å². The molecule has 2 heterocycles. The second-order valence-electron chi connectivity index (χ2n) is 6.64. The number of hydrogen-bond donors (Lipinski definition) is 2. The molecule has 26 heavy (non-hydrogen) atoms. The molecule has 146 valence electrons. The summed E-state index contributed by atoms with van der Waals surface area (Å²) in [5.41, 5.74) is 0.899. The van der Waals surface area contributed by atoms with Gasteiger partial charge in [-0.1, -0.05) is 11.6 Å². The monoisotopic (exact) mass is 495 g/mol. The fourth-order valence-corrected chi connectivity index (χ4v) is 3.33. The minimum absolute atomic E-state index is 0. The Bertz CT molecular complexity index is 636. The van der Waals surface area contributed by atoms with Crippen molar-refractivity contribution in [2.75, 3.05) is 33.4 Å². The summed E-state index contributed by atoms with van der Waals surface area (Å²) in [5.74, 6) is 2.08. The number of benzene rings is 1. The molecule has 6 nitrogen and oxygen atoms in total. The van der Waals surface area contributed by atoms with Crippen molar-refractivity contribution in [2.45, 2.75) is 38.3 Å². The minimum Gasteiger partial charge on any atom is -0.489 e. The molecular weight excluding hydrogens is 469 g/mol. The molecule has 0 amide bonds. The van der Waals surface area contributed by atoms with Crippen molar-refractivity contribution in [3.8, 4) is 11.5 Å². The summed E-state index contributed by atoms with van der Waals surface area (Å²) >= 11 is 6.34. The van der Waals surface area contributed by atoms with Crippen molar-refractivity contribution in [2.24, 2.45) is 4.99 Å². The fourth-order valence-electron chi connectivity index (χ4n) is 3.04. The van der Waals surface area contributed by atoms with Gasteiger partial charge in [-0.05, 0) is 37.5 Å². The van der Waals surface area contributed by atoms with E-state index < -0.39 is 0 Å². The van der Waals surface area contributed by atoms with Gasteiger partial charge in [-0.25, -0.2) is 0 Å². The molecule has 2 aliphatic rings. The highest BCUT2D eigenvalue weighted by Gasteiger charge is 2.29. The standard InChI is InChI=1S/C18H26ClN3O3.HI/c1-18(5-3-8-25-18)12-22-17(20-2)21-11-13-9-14(19)16-15(10-13)23-6-4-7-24-16;/h9-10H,3-8,11-12H2,1-2H3,(H2,20,21,22);1H. The number of ether oxygens (including phenoxy) is 3. The highest BCUT2D eigenvalue weighted by Crippen LogP contribution is 2.37. The lowest BCUT2D eigenvalue weighted by Gasteiger charge is -2.24. The molecule has 0 saturated carbocycles. The first-order chi connectivity index (χ1) is 12.1. The van der Waals surface area contributed by atoms with Crippen molar-refractivity contribution in [3.05, 3.63) is 22.7 Å². The Morgan fingerprint density at radius 3 is 2.73 bits per heavy atom. The van der Waals surface area contributed by atoms with Crippen molar-refractivity contribution in [3.63, 3.8) is 0 Å². The molecule has 0 aliphatic carbocycles. The van der Waals surface area contributed by atoms with Crippen LogP contribution in [0.3, 0.4) is 0 Å². The van der Waals surface area contributed by atoms with Crippen LogP contribution in [-0.2, 0) is 11.3 Å². The third-order valence-corrected chi connectivity index (χ3v) is 4.76. The molecular formula is C18H27ClIN3O3. The van der Waals surface area contributed by atoms with E-state index in [9.17, 15) is 0 Å². The third kappa shape index (κ3) is 5.53. The van der Waals surface area contributed by atoms with Crippen LogP contribution in [0.15, 0.2) is 17.1 Å². The first-order valence-electron chi connectivity index (χ1n) is 8.76. The van der Waals surface area contributed by atoms with Crippen molar-refractivity contribution in [1.29, 1.82) is 0 Å². The van der Waals surface area contributed by atoms with Gasteiger partial charge in [0.25, 0.3) is 0 Å². The van der Waals surface area contributed by atoms with E-state index in [-0.39, 0.29) is 29.6 Å². The Morgan fingerprint density at radius 2 is 2.00 bits per heavy atom. The molecule has 0 spiro atoms. The number of rotatable bonds is 4. The Morgan fingerprint density at radius 1 is 1.19 bits per heavy atom. The maximum absolute atomic E-state index is 6.34. The number of guanidine groups is 1. The van der Waals surface area contributed by atoms with Crippen LogP contribution in [0.2, 0.25) is 5.02 Å². The summed E-state index contributed by atoms with van der Waals surface area (Å²) in [5, 5.41) is 7.21. The summed E-state index contributed by atoms with van der Waals surface area (Å²) in [6.07, 6.45) is 3.03. The summed E-state index contributed by atoms with van der Waals surface area (Å²) in [6, 6.07) is 3.87. The van der Waals surface area contributed by atoms with Crippen LogP contribution in [-0.4, -0.2) is 45.0 Å². The number of nitrogens with zero attached hydrogens (tertiary/aromatic N) is 1. The quantitative estimate of drug-likeness (QED) is 0.381. The highest BCUT2D eigenvalue weighted by atomic mass is 127. The number of aliphatic imine (C=N–C) groups is 1. The summed E-state index contributed by atoms with van der Waals surface area (Å²) in [7, 11) is 1.76. The van der Waals surface area contributed by atoms with Gasteiger partial charge >= 0.3 is 0 Å². The normalized spacial score (nSPS) is 22.3. The van der Waals surface area contributed by atoms with E-state index in [2.05, 4.69) is 22.5 Å². The molecule has 0 bridgehead atoms. The molecule has 2 aliphatic heterocycles. The molecule has 3 rings (SSSR count). The second-order valence-corrected chi connectivity index (χ2v) is 7.04. The van der Waals surface area contributed by atoms with Crippen LogP contribution >= 0.6 is 35.6 Å². The predicted molar refractivity (Wildman–Crippen MR) is 114 cm³/mol. The first-order valence-corrected chi connectivity index (χ1v) is 9.14. The summed E-state index contributed by atoms with van der Waals surface area (Å²) in [6.45, 7) is 5.55. The number of halogens is 2. The molecule has 1 fully saturated rings. The fraction of sp³-hybridized carbons (Fsp3) is 0.611. The molecule has 0 aromatic heterocycles. The van der Waals surface area contributed by atoms with Gasteiger partial charge in [0, 0.05) is 33.2 Å². The van der Waals surface area contributed by atoms with Gasteiger partial charge in [0.05, 0.1) is 23.8 Å². The van der Waals surface area contributed by atoms with Crippen LogP contribution in [0.1, 0.15) is 31.7 Å². The van der Waals surface area contributed by atoms with Crippen molar-refractivity contribution < 1.29 is 14.2 Å². The lowest BCUT2D eigenvalue weighted by atomic mass is 10.0. The lowest BCUT2D eigenvalue weighted by Crippen LogP contribution is -2.45.